The van der Waals surface area contributed by atoms with Gasteiger partial charge in [-0.05, 0) is 18.7 Å². The fraction of sp³-hybridized carbons (Fsp3) is 0.364. The number of hydrogen-bond donors (Lipinski definition) is 1. The molecule has 0 saturated heterocycles. The molecule has 0 fully saturated rings. The molecule has 7 heteroatoms. The van der Waals surface area contributed by atoms with Crippen molar-refractivity contribution in [3.05, 3.63) is 34.1 Å². The van der Waals surface area contributed by atoms with Crippen molar-refractivity contribution < 1.29 is 14.1 Å². The molecule has 0 aliphatic rings. The summed E-state index contributed by atoms with van der Waals surface area (Å²) < 4.78 is 18.0. The second-order valence-electron chi connectivity index (χ2n) is 3.42. The summed E-state index contributed by atoms with van der Waals surface area (Å²) in [5.74, 6) is -0.767. The van der Waals surface area contributed by atoms with Gasteiger partial charge in [0.25, 0.3) is 0 Å². The Hall–Kier alpha value is -2.20. The molecule has 1 rings (SSSR count). The van der Waals surface area contributed by atoms with Gasteiger partial charge in [0, 0.05) is 0 Å². The molecule has 0 bridgehead atoms. The van der Waals surface area contributed by atoms with Crippen molar-refractivity contribution >= 4 is 5.69 Å². The zero-order valence-electron chi connectivity index (χ0n) is 9.72. The van der Waals surface area contributed by atoms with E-state index in [2.05, 4.69) is 5.32 Å². The molecule has 6 nitrogen and oxygen atoms in total. The van der Waals surface area contributed by atoms with E-state index in [4.69, 9.17) is 10.00 Å². The maximum absolute atomic E-state index is 12.9. The van der Waals surface area contributed by atoms with E-state index in [1.165, 1.54) is 6.07 Å². The number of halogens is 1. The van der Waals surface area contributed by atoms with E-state index in [-0.39, 0.29) is 12.4 Å². The average Bonchev–Trinajstić information content (AvgIpc) is 2.35. The molecule has 1 N–H and O–H groups in total. The molecule has 0 amide bonds. The van der Waals surface area contributed by atoms with Gasteiger partial charge in [-0.1, -0.05) is 6.92 Å². The Bertz CT molecular complexity index is 473. The quantitative estimate of drug-likeness (QED) is 0.614. The Kier molecular flexibility index (Phi) is 5.02. The first-order valence-electron chi connectivity index (χ1n) is 5.28. The predicted molar refractivity (Wildman–Crippen MR) is 61.6 cm³/mol. The summed E-state index contributed by atoms with van der Waals surface area (Å²) in [7, 11) is 0. The van der Waals surface area contributed by atoms with Crippen molar-refractivity contribution in [1.29, 1.82) is 5.26 Å². The minimum Gasteiger partial charge on any atom is -0.484 e. The molecule has 96 valence electrons. The van der Waals surface area contributed by atoms with Gasteiger partial charge in [0.2, 0.25) is 0 Å². The number of nitro benzene ring substituents is 1. The maximum Gasteiger partial charge on any atom is 0.313 e. The minimum absolute atomic E-state index is 0.0448. The number of ether oxygens (including phenoxy) is 1. The first-order chi connectivity index (χ1) is 8.58. The van der Waals surface area contributed by atoms with Crippen LogP contribution in [0.1, 0.15) is 6.92 Å². The topological polar surface area (TPSA) is 88.2 Å². The molecule has 1 unspecified atom stereocenters. The molecule has 0 radical (unpaired) electrons. The third-order valence-corrected chi connectivity index (χ3v) is 2.13. The molecule has 0 aliphatic heterocycles. The van der Waals surface area contributed by atoms with Gasteiger partial charge < -0.3 is 4.74 Å². The fourth-order valence-electron chi connectivity index (χ4n) is 1.32. The van der Waals surface area contributed by atoms with E-state index < -0.39 is 22.5 Å². The Morgan fingerprint density at radius 3 is 2.94 bits per heavy atom. The second kappa shape index (κ2) is 6.51. The Morgan fingerprint density at radius 2 is 2.39 bits per heavy atom. The van der Waals surface area contributed by atoms with Crippen LogP contribution in [0.2, 0.25) is 0 Å². The number of nitro groups is 1. The molecule has 0 aromatic heterocycles. The van der Waals surface area contributed by atoms with Gasteiger partial charge in [0.1, 0.15) is 18.5 Å². The van der Waals surface area contributed by atoms with E-state index in [1.54, 1.807) is 0 Å². The summed E-state index contributed by atoms with van der Waals surface area (Å²) in [6, 6.07) is 4.41. The first-order valence-corrected chi connectivity index (χ1v) is 5.28. The van der Waals surface area contributed by atoms with Crippen LogP contribution in [0.15, 0.2) is 18.2 Å². The lowest BCUT2D eigenvalue weighted by atomic mass is 10.3. The second-order valence-corrected chi connectivity index (χ2v) is 3.42. The predicted octanol–water partition coefficient (Wildman–Crippen LogP) is 1.61. The van der Waals surface area contributed by atoms with Gasteiger partial charge in [-0.15, -0.1) is 0 Å². The van der Waals surface area contributed by atoms with E-state index in [0.717, 1.165) is 12.1 Å². The molecule has 1 aromatic rings. The summed E-state index contributed by atoms with van der Waals surface area (Å²) in [4.78, 5) is 9.96. The summed E-state index contributed by atoms with van der Waals surface area (Å²) in [5, 5.41) is 22.3. The number of likely N-dealkylation sites (N-methyl/N-ethyl adjacent to an activating group) is 1. The van der Waals surface area contributed by atoms with Crippen molar-refractivity contribution in [2.24, 2.45) is 0 Å². The van der Waals surface area contributed by atoms with Crippen LogP contribution in [0, 0.1) is 27.3 Å². The summed E-state index contributed by atoms with van der Waals surface area (Å²) in [6.45, 7) is 2.36. The number of rotatable bonds is 6. The monoisotopic (exact) mass is 253 g/mol. The van der Waals surface area contributed by atoms with Crippen LogP contribution in [0.4, 0.5) is 10.1 Å². The highest BCUT2D eigenvalue weighted by molar-refractivity contribution is 5.46. The number of hydrogen-bond acceptors (Lipinski definition) is 5. The summed E-state index contributed by atoms with van der Waals surface area (Å²) >= 11 is 0. The normalized spacial score (nSPS) is 11.6. The van der Waals surface area contributed by atoms with Crippen LogP contribution in [0.3, 0.4) is 0 Å². The Labute approximate surface area is 103 Å². The van der Waals surface area contributed by atoms with E-state index >= 15 is 0 Å². The lowest BCUT2D eigenvalue weighted by molar-refractivity contribution is -0.386. The van der Waals surface area contributed by atoms with Gasteiger partial charge in [-0.3, -0.25) is 15.4 Å². The van der Waals surface area contributed by atoms with Crippen LogP contribution in [-0.2, 0) is 0 Å². The van der Waals surface area contributed by atoms with Crippen molar-refractivity contribution in [2.75, 3.05) is 13.2 Å². The molecule has 0 heterocycles. The third kappa shape index (κ3) is 3.68. The van der Waals surface area contributed by atoms with Crippen molar-refractivity contribution in [2.45, 2.75) is 13.0 Å². The highest BCUT2D eigenvalue weighted by Crippen LogP contribution is 2.27. The van der Waals surface area contributed by atoms with Crippen LogP contribution >= 0.6 is 0 Å². The van der Waals surface area contributed by atoms with Crippen molar-refractivity contribution in [1.82, 2.24) is 5.32 Å². The lowest BCUT2D eigenvalue weighted by Gasteiger charge is -2.11. The SMILES string of the molecule is CCNC(C#N)COc1ccc(F)cc1[N+](=O)[O-]. The zero-order valence-corrected chi connectivity index (χ0v) is 9.72. The highest BCUT2D eigenvalue weighted by Gasteiger charge is 2.17. The fourth-order valence-corrected chi connectivity index (χ4v) is 1.32. The van der Waals surface area contributed by atoms with Crippen molar-refractivity contribution in [3.8, 4) is 11.8 Å². The van der Waals surface area contributed by atoms with Crippen LogP contribution in [-0.4, -0.2) is 24.1 Å². The highest BCUT2D eigenvalue weighted by atomic mass is 19.1. The van der Waals surface area contributed by atoms with Crippen molar-refractivity contribution in [3.63, 3.8) is 0 Å². The first kappa shape index (κ1) is 13.9. The van der Waals surface area contributed by atoms with Crippen LogP contribution < -0.4 is 10.1 Å². The standard InChI is InChI=1S/C11H12FN3O3/c1-2-14-9(6-13)7-18-11-4-3-8(12)5-10(11)15(16)17/h3-5,9,14H,2,7H2,1H3. The molecule has 18 heavy (non-hydrogen) atoms. The van der Waals surface area contributed by atoms with Gasteiger partial charge in [-0.25, -0.2) is 4.39 Å². The lowest BCUT2D eigenvalue weighted by Crippen LogP contribution is -2.33. The minimum atomic E-state index is -0.729. The number of nitrogens with one attached hydrogen (secondary N) is 1. The molecule has 1 aromatic carbocycles. The van der Waals surface area contributed by atoms with Gasteiger partial charge in [0.15, 0.2) is 5.75 Å². The largest absolute Gasteiger partial charge is 0.484 e. The molecule has 0 saturated carbocycles. The zero-order chi connectivity index (χ0) is 13.5. The molecular weight excluding hydrogens is 241 g/mol. The number of nitriles is 1. The van der Waals surface area contributed by atoms with Crippen LogP contribution in [0.25, 0.3) is 0 Å². The Morgan fingerprint density at radius 1 is 1.67 bits per heavy atom. The van der Waals surface area contributed by atoms with Gasteiger partial charge in [-0.2, -0.15) is 5.26 Å². The number of nitrogens with zero attached hydrogens (tertiary/aromatic N) is 2. The summed E-state index contributed by atoms with van der Waals surface area (Å²) in [6.07, 6.45) is 0. The van der Waals surface area contributed by atoms with Gasteiger partial charge >= 0.3 is 5.69 Å². The smallest absolute Gasteiger partial charge is 0.313 e. The van der Waals surface area contributed by atoms with Gasteiger partial charge in [0.05, 0.1) is 17.1 Å². The molecule has 0 aliphatic carbocycles. The Balaban J connectivity index is 2.78. The summed E-state index contributed by atoms with van der Waals surface area (Å²) in [5.41, 5.74) is -0.455. The van der Waals surface area contributed by atoms with E-state index in [0.29, 0.717) is 6.54 Å². The maximum atomic E-state index is 12.9. The van der Waals surface area contributed by atoms with Crippen LogP contribution in [0.5, 0.6) is 5.75 Å². The average molecular weight is 253 g/mol. The molecular formula is C11H12FN3O3. The molecule has 0 spiro atoms. The van der Waals surface area contributed by atoms with E-state index in [1.807, 2.05) is 13.0 Å². The number of benzene rings is 1. The third-order valence-electron chi connectivity index (χ3n) is 2.13. The van der Waals surface area contributed by atoms with E-state index in [9.17, 15) is 14.5 Å². The molecule has 1 atom stereocenters.